The Labute approximate surface area is 232 Å². The molecule has 5 aromatic heterocycles. The molecule has 5 aromatic rings. The first kappa shape index (κ1) is 25.6. The molecule has 0 bridgehead atoms. The van der Waals surface area contributed by atoms with Gasteiger partial charge in [-0.1, -0.05) is 30.0 Å². The Hall–Kier alpha value is -3.03. The smallest absolute Gasteiger partial charge is 0.341 e. The number of anilines is 1. The number of ether oxygens (including phenoxy) is 1. The Morgan fingerprint density at radius 1 is 1.11 bits per heavy atom. The van der Waals surface area contributed by atoms with Crippen LogP contribution in [0.2, 0.25) is 0 Å². The minimum absolute atomic E-state index is 0.00505. The average Bonchev–Trinajstić information content (AvgIpc) is 3.70. The molecule has 0 atom stereocenters. The van der Waals surface area contributed by atoms with Gasteiger partial charge in [-0.15, -0.1) is 51.9 Å². The summed E-state index contributed by atoms with van der Waals surface area (Å²) in [5, 5.41) is 11.9. The fourth-order valence-electron chi connectivity index (χ4n) is 3.68. The molecule has 37 heavy (non-hydrogen) atoms. The molecular formula is C25H19N3O4S5. The Bertz CT molecular complexity index is 1650. The van der Waals surface area contributed by atoms with Crippen molar-refractivity contribution >= 4 is 84.2 Å². The van der Waals surface area contributed by atoms with E-state index in [1.165, 1.54) is 57.4 Å². The van der Waals surface area contributed by atoms with Crippen molar-refractivity contribution in [2.45, 2.75) is 11.7 Å². The van der Waals surface area contributed by atoms with Crippen LogP contribution in [0.3, 0.4) is 0 Å². The van der Waals surface area contributed by atoms with E-state index in [2.05, 4.69) is 11.9 Å². The summed E-state index contributed by atoms with van der Waals surface area (Å²) in [5.74, 6) is -0.830. The average molecular weight is 586 g/mol. The van der Waals surface area contributed by atoms with Gasteiger partial charge in [0.25, 0.3) is 5.56 Å². The monoisotopic (exact) mass is 585 g/mol. The quantitative estimate of drug-likeness (QED) is 0.0898. The number of esters is 1. The number of nitrogens with zero attached hydrogens (tertiary/aromatic N) is 2. The highest BCUT2D eigenvalue weighted by atomic mass is 32.2. The van der Waals surface area contributed by atoms with Gasteiger partial charge < -0.3 is 10.1 Å². The van der Waals surface area contributed by atoms with Crippen LogP contribution in [0.4, 0.5) is 5.00 Å². The summed E-state index contributed by atoms with van der Waals surface area (Å²) >= 11 is 6.91. The lowest BCUT2D eigenvalue weighted by Gasteiger charge is -2.11. The van der Waals surface area contributed by atoms with Gasteiger partial charge in [-0.3, -0.25) is 14.2 Å². The summed E-state index contributed by atoms with van der Waals surface area (Å²) < 4.78 is 6.51. The Morgan fingerprint density at radius 2 is 1.81 bits per heavy atom. The molecule has 0 radical (unpaired) electrons. The van der Waals surface area contributed by atoms with Gasteiger partial charge in [0.1, 0.15) is 15.4 Å². The van der Waals surface area contributed by atoms with Gasteiger partial charge >= 0.3 is 5.97 Å². The largest absolute Gasteiger partial charge is 0.465 e. The van der Waals surface area contributed by atoms with Gasteiger partial charge in [0.05, 0.1) is 18.2 Å². The SMILES string of the molecule is C=CCn1c(SCC(=O)Nc2scc(-c3cccs3)c2C(=O)OC)nc2scc(-c3cccs3)c2c1=O. The van der Waals surface area contributed by atoms with Crippen LogP contribution in [0.15, 0.2) is 68.4 Å². The van der Waals surface area contributed by atoms with E-state index in [0.717, 1.165) is 20.9 Å². The van der Waals surface area contributed by atoms with Crippen LogP contribution in [0.1, 0.15) is 10.4 Å². The number of carbonyl (C=O) groups excluding carboxylic acids is 2. The predicted octanol–water partition coefficient (Wildman–Crippen LogP) is 6.68. The maximum atomic E-state index is 13.4. The van der Waals surface area contributed by atoms with E-state index >= 15 is 0 Å². The Kier molecular flexibility index (Phi) is 7.72. The number of aromatic nitrogens is 2. The molecule has 0 aliphatic rings. The molecule has 5 heterocycles. The van der Waals surface area contributed by atoms with Crippen molar-refractivity contribution in [3.05, 3.63) is 74.4 Å². The van der Waals surface area contributed by atoms with Crippen LogP contribution in [0.5, 0.6) is 0 Å². The van der Waals surface area contributed by atoms with Gasteiger partial charge in [-0.2, -0.15) is 0 Å². The van der Waals surface area contributed by atoms with Crippen molar-refractivity contribution < 1.29 is 14.3 Å². The van der Waals surface area contributed by atoms with Crippen LogP contribution < -0.4 is 10.9 Å². The highest BCUT2D eigenvalue weighted by Gasteiger charge is 2.23. The second kappa shape index (κ2) is 11.2. The number of hydrogen-bond donors (Lipinski definition) is 1. The highest BCUT2D eigenvalue weighted by molar-refractivity contribution is 7.99. The molecule has 1 N–H and O–H groups in total. The molecule has 0 aromatic carbocycles. The van der Waals surface area contributed by atoms with E-state index in [-0.39, 0.29) is 23.8 Å². The van der Waals surface area contributed by atoms with E-state index in [4.69, 9.17) is 9.72 Å². The summed E-state index contributed by atoms with van der Waals surface area (Å²) in [4.78, 5) is 46.1. The van der Waals surface area contributed by atoms with E-state index in [0.29, 0.717) is 25.9 Å². The number of hydrogen-bond acceptors (Lipinski definition) is 10. The predicted molar refractivity (Wildman–Crippen MR) is 156 cm³/mol. The number of amides is 1. The van der Waals surface area contributed by atoms with Gasteiger partial charge in [-0.25, -0.2) is 9.78 Å². The zero-order valence-electron chi connectivity index (χ0n) is 19.4. The zero-order chi connectivity index (χ0) is 25.9. The number of methoxy groups -OCH3 is 1. The van der Waals surface area contributed by atoms with E-state index in [1.54, 1.807) is 17.4 Å². The molecule has 7 nitrogen and oxygen atoms in total. The Morgan fingerprint density at radius 3 is 2.46 bits per heavy atom. The van der Waals surface area contributed by atoms with E-state index in [1.807, 2.05) is 45.8 Å². The molecule has 1 amide bonds. The normalized spacial score (nSPS) is 11.1. The number of thiophene rings is 4. The van der Waals surface area contributed by atoms with Crippen molar-refractivity contribution in [2.75, 3.05) is 18.2 Å². The first-order chi connectivity index (χ1) is 18.0. The minimum Gasteiger partial charge on any atom is -0.465 e. The van der Waals surface area contributed by atoms with Gasteiger partial charge in [0.2, 0.25) is 5.91 Å². The van der Waals surface area contributed by atoms with Crippen molar-refractivity contribution in [1.82, 2.24) is 9.55 Å². The molecule has 0 unspecified atom stereocenters. The Balaban J connectivity index is 1.40. The number of allylic oxidation sites excluding steroid dienone is 1. The summed E-state index contributed by atoms with van der Waals surface area (Å²) in [6.45, 7) is 4.04. The topological polar surface area (TPSA) is 90.3 Å². The van der Waals surface area contributed by atoms with Crippen molar-refractivity contribution in [1.29, 1.82) is 0 Å². The molecular weight excluding hydrogens is 567 g/mol. The molecule has 0 fully saturated rings. The third-order valence-corrected chi connectivity index (χ3v) is 9.86. The summed E-state index contributed by atoms with van der Waals surface area (Å²) in [5.41, 5.74) is 1.76. The second-order valence-electron chi connectivity index (χ2n) is 7.56. The fraction of sp³-hybridized carbons (Fsp3) is 0.120. The highest BCUT2D eigenvalue weighted by Crippen LogP contribution is 2.38. The fourth-order valence-corrected chi connectivity index (χ4v) is 8.08. The summed E-state index contributed by atoms with van der Waals surface area (Å²) in [6.07, 6.45) is 1.64. The van der Waals surface area contributed by atoms with Crippen LogP contribution >= 0.6 is 57.1 Å². The van der Waals surface area contributed by atoms with Crippen molar-refractivity contribution in [3.8, 4) is 20.9 Å². The third-order valence-electron chi connectivity index (χ3n) is 5.31. The number of fused-ring (bicyclic) bond motifs is 1. The van der Waals surface area contributed by atoms with Crippen LogP contribution in [-0.4, -0.2) is 34.3 Å². The molecule has 0 aliphatic carbocycles. The molecule has 12 heteroatoms. The maximum Gasteiger partial charge on any atom is 0.341 e. The van der Waals surface area contributed by atoms with E-state index in [9.17, 15) is 14.4 Å². The first-order valence-corrected chi connectivity index (χ1v) is 15.3. The van der Waals surface area contributed by atoms with Crippen molar-refractivity contribution in [2.24, 2.45) is 0 Å². The van der Waals surface area contributed by atoms with Crippen LogP contribution in [-0.2, 0) is 16.1 Å². The molecule has 0 saturated heterocycles. The summed E-state index contributed by atoms with van der Waals surface area (Å²) in [6, 6.07) is 7.74. The van der Waals surface area contributed by atoms with Crippen LogP contribution in [0, 0.1) is 0 Å². The molecule has 188 valence electrons. The lowest BCUT2D eigenvalue weighted by Crippen LogP contribution is -2.23. The van der Waals surface area contributed by atoms with E-state index < -0.39 is 5.97 Å². The van der Waals surface area contributed by atoms with Gasteiger partial charge in [-0.05, 0) is 22.9 Å². The first-order valence-electron chi connectivity index (χ1n) is 10.8. The molecule has 5 rings (SSSR count). The number of carbonyl (C=O) groups is 2. The number of rotatable bonds is 9. The number of thioether (sulfide) groups is 1. The standard InChI is InChI=1S/C25H19N3O4S5/c1-3-8-28-23(30)19-14(16-6-4-9-33-16)11-35-21(19)27-25(28)37-13-18(29)26-22-20(24(31)32-2)15(12-36-22)17-7-5-10-34-17/h3-7,9-12H,1,8,13H2,2H3,(H,26,29). The third kappa shape index (κ3) is 5.07. The lowest BCUT2D eigenvalue weighted by molar-refractivity contribution is -0.113. The lowest BCUT2D eigenvalue weighted by atomic mass is 10.1. The minimum atomic E-state index is -0.515. The van der Waals surface area contributed by atoms with Crippen LogP contribution in [0.25, 0.3) is 31.1 Å². The van der Waals surface area contributed by atoms with Crippen molar-refractivity contribution in [3.63, 3.8) is 0 Å². The summed E-state index contributed by atoms with van der Waals surface area (Å²) in [7, 11) is 1.31. The second-order valence-corrected chi connectivity index (χ2v) is 12.1. The molecule has 0 aliphatic heterocycles. The van der Waals surface area contributed by atoms with Gasteiger partial charge in [0, 0.05) is 38.2 Å². The van der Waals surface area contributed by atoms with Gasteiger partial charge in [0.15, 0.2) is 5.16 Å². The zero-order valence-corrected chi connectivity index (χ0v) is 23.5. The molecule has 0 spiro atoms. The number of nitrogens with one attached hydrogen (secondary N) is 1. The maximum absolute atomic E-state index is 13.4. The molecule has 0 saturated carbocycles.